The molecule has 2 N–H and O–H groups in total. The molecule has 0 aliphatic carbocycles. The number of benzene rings is 1. The van der Waals surface area contributed by atoms with Gasteiger partial charge in [-0.25, -0.2) is 0 Å². The molecule has 0 aliphatic heterocycles. The molecule has 2 nitrogen and oxygen atoms in total. The number of aliphatic hydroxyl groups is 1. The van der Waals surface area contributed by atoms with Crippen molar-refractivity contribution < 1.29 is 10.2 Å². The molecular formula is C11H16O2. The third-order valence-electron chi connectivity index (χ3n) is 2.22. The van der Waals surface area contributed by atoms with E-state index in [-0.39, 0.29) is 5.75 Å². The van der Waals surface area contributed by atoms with Crippen LogP contribution in [0.3, 0.4) is 0 Å². The third-order valence-corrected chi connectivity index (χ3v) is 2.22. The first-order valence-electron chi connectivity index (χ1n) is 4.59. The monoisotopic (exact) mass is 180 g/mol. The molecule has 0 aliphatic rings. The molecule has 0 bridgehead atoms. The van der Waals surface area contributed by atoms with Gasteiger partial charge >= 0.3 is 0 Å². The second-order valence-corrected chi connectivity index (χ2v) is 3.54. The normalized spacial score (nSPS) is 15.3. The van der Waals surface area contributed by atoms with E-state index in [2.05, 4.69) is 0 Å². The number of hydrogen-bond donors (Lipinski definition) is 2. The van der Waals surface area contributed by atoms with Crippen LogP contribution < -0.4 is 0 Å². The minimum atomic E-state index is -0.917. The lowest BCUT2D eigenvalue weighted by atomic mass is 9.91. The van der Waals surface area contributed by atoms with Gasteiger partial charge in [0.2, 0.25) is 0 Å². The molecule has 0 fully saturated rings. The molecule has 1 aromatic rings. The minimum Gasteiger partial charge on any atom is -0.508 e. The Morgan fingerprint density at radius 2 is 1.92 bits per heavy atom. The van der Waals surface area contributed by atoms with Gasteiger partial charge in [0.15, 0.2) is 0 Å². The molecule has 0 aromatic heterocycles. The van der Waals surface area contributed by atoms with E-state index in [1.54, 1.807) is 25.1 Å². The second-order valence-electron chi connectivity index (χ2n) is 3.54. The molecule has 1 unspecified atom stereocenters. The molecule has 0 heterocycles. The number of para-hydroxylation sites is 1. The van der Waals surface area contributed by atoms with E-state index >= 15 is 0 Å². The van der Waals surface area contributed by atoms with Crippen LogP contribution in [0.5, 0.6) is 5.75 Å². The highest BCUT2D eigenvalue weighted by atomic mass is 16.3. The molecule has 2 heteroatoms. The van der Waals surface area contributed by atoms with Gasteiger partial charge in [-0.15, -0.1) is 0 Å². The van der Waals surface area contributed by atoms with Crippen molar-refractivity contribution in [2.75, 3.05) is 0 Å². The zero-order chi connectivity index (χ0) is 9.90. The van der Waals surface area contributed by atoms with E-state index in [1.807, 2.05) is 13.0 Å². The Kier molecular flexibility index (Phi) is 2.94. The largest absolute Gasteiger partial charge is 0.508 e. The molecule has 1 atom stereocenters. The quantitative estimate of drug-likeness (QED) is 0.749. The Bertz CT molecular complexity index is 279. The van der Waals surface area contributed by atoms with E-state index < -0.39 is 5.60 Å². The summed E-state index contributed by atoms with van der Waals surface area (Å²) in [5.41, 5.74) is -0.308. The van der Waals surface area contributed by atoms with Crippen LogP contribution in [0.15, 0.2) is 24.3 Å². The summed E-state index contributed by atoms with van der Waals surface area (Å²) in [5.74, 6) is 0.168. The molecule has 0 saturated heterocycles. The highest BCUT2D eigenvalue weighted by Crippen LogP contribution is 2.31. The highest BCUT2D eigenvalue weighted by molar-refractivity contribution is 5.36. The predicted molar refractivity (Wildman–Crippen MR) is 52.6 cm³/mol. The Morgan fingerprint density at radius 3 is 2.46 bits per heavy atom. The van der Waals surface area contributed by atoms with Gasteiger partial charge in [0, 0.05) is 5.56 Å². The number of rotatable bonds is 3. The van der Waals surface area contributed by atoms with Crippen LogP contribution in [-0.2, 0) is 5.60 Å². The van der Waals surface area contributed by atoms with E-state index in [4.69, 9.17) is 0 Å². The molecule has 0 radical (unpaired) electrons. The summed E-state index contributed by atoms with van der Waals surface area (Å²) in [6.07, 6.45) is 1.55. The number of hydrogen-bond acceptors (Lipinski definition) is 2. The fourth-order valence-corrected chi connectivity index (χ4v) is 1.55. The van der Waals surface area contributed by atoms with Crippen LogP contribution in [-0.4, -0.2) is 10.2 Å². The number of phenolic OH excluding ortho intramolecular Hbond substituents is 1. The van der Waals surface area contributed by atoms with E-state index in [1.165, 1.54) is 0 Å². The summed E-state index contributed by atoms with van der Waals surface area (Å²) in [5, 5.41) is 19.5. The Hall–Kier alpha value is -1.02. The molecular weight excluding hydrogens is 164 g/mol. The van der Waals surface area contributed by atoms with Crippen molar-refractivity contribution in [3.63, 3.8) is 0 Å². The van der Waals surface area contributed by atoms with Crippen molar-refractivity contribution in [1.82, 2.24) is 0 Å². The van der Waals surface area contributed by atoms with Crippen LogP contribution >= 0.6 is 0 Å². The van der Waals surface area contributed by atoms with Gasteiger partial charge in [0.05, 0.1) is 5.60 Å². The maximum Gasteiger partial charge on any atom is 0.121 e. The summed E-state index contributed by atoms with van der Waals surface area (Å²) >= 11 is 0. The van der Waals surface area contributed by atoms with E-state index in [0.29, 0.717) is 12.0 Å². The van der Waals surface area contributed by atoms with Gasteiger partial charge in [-0.05, 0) is 19.4 Å². The molecule has 0 saturated carbocycles. The second kappa shape index (κ2) is 3.79. The van der Waals surface area contributed by atoms with Crippen LogP contribution in [0, 0.1) is 0 Å². The molecule has 1 rings (SSSR count). The average Bonchev–Trinajstić information content (AvgIpc) is 2.04. The summed E-state index contributed by atoms with van der Waals surface area (Å²) < 4.78 is 0. The Labute approximate surface area is 78.8 Å². The minimum absolute atomic E-state index is 0.168. The molecule has 72 valence electrons. The zero-order valence-electron chi connectivity index (χ0n) is 8.12. The van der Waals surface area contributed by atoms with Gasteiger partial charge in [-0.2, -0.15) is 0 Å². The first kappa shape index (κ1) is 10.1. The van der Waals surface area contributed by atoms with Crippen molar-refractivity contribution in [3.8, 4) is 5.75 Å². The average molecular weight is 180 g/mol. The smallest absolute Gasteiger partial charge is 0.121 e. The maximum absolute atomic E-state index is 10.0. The lowest BCUT2D eigenvalue weighted by molar-refractivity contribution is 0.0446. The first-order valence-corrected chi connectivity index (χ1v) is 4.59. The molecule has 1 aromatic carbocycles. The topological polar surface area (TPSA) is 40.5 Å². The molecule has 13 heavy (non-hydrogen) atoms. The summed E-state index contributed by atoms with van der Waals surface area (Å²) in [6, 6.07) is 6.92. The Morgan fingerprint density at radius 1 is 1.31 bits per heavy atom. The zero-order valence-corrected chi connectivity index (χ0v) is 8.12. The third kappa shape index (κ3) is 2.22. The van der Waals surface area contributed by atoms with E-state index in [9.17, 15) is 10.2 Å². The van der Waals surface area contributed by atoms with Gasteiger partial charge in [-0.3, -0.25) is 0 Å². The van der Waals surface area contributed by atoms with Crippen molar-refractivity contribution in [2.45, 2.75) is 32.3 Å². The van der Waals surface area contributed by atoms with Gasteiger partial charge in [-0.1, -0.05) is 31.5 Å². The Balaban J connectivity index is 2.99. The maximum atomic E-state index is 10.0. The van der Waals surface area contributed by atoms with Crippen molar-refractivity contribution >= 4 is 0 Å². The fourth-order valence-electron chi connectivity index (χ4n) is 1.55. The predicted octanol–water partition coefficient (Wildman–Crippen LogP) is 2.40. The van der Waals surface area contributed by atoms with E-state index in [0.717, 1.165) is 6.42 Å². The summed E-state index contributed by atoms with van der Waals surface area (Å²) in [6.45, 7) is 3.74. The van der Waals surface area contributed by atoms with Gasteiger partial charge < -0.3 is 10.2 Å². The highest BCUT2D eigenvalue weighted by Gasteiger charge is 2.24. The van der Waals surface area contributed by atoms with Crippen molar-refractivity contribution in [3.05, 3.63) is 29.8 Å². The molecule has 0 amide bonds. The van der Waals surface area contributed by atoms with Gasteiger partial charge in [0.25, 0.3) is 0 Å². The SMILES string of the molecule is CCCC(C)(O)c1ccccc1O. The first-order chi connectivity index (χ1) is 6.08. The van der Waals surface area contributed by atoms with Crippen LogP contribution in [0.25, 0.3) is 0 Å². The standard InChI is InChI=1S/C11H16O2/c1-3-8-11(2,13)9-6-4-5-7-10(9)12/h4-7,12-13H,3,8H2,1-2H3. The van der Waals surface area contributed by atoms with Crippen molar-refractivity contribution in [2.24, 2.45) is 0 Å². The fraction of sp³-hybridized carbons (Fsp3) is 0.455. The van der Waals surface area contributed by atoms with Crippen LogP contribution in [0.4, 0.5) is 0 Å². The lowest BCUT2D eigenvalue weighted by Gasteiger charge is -2.23. The van der Waals surface area contributed by atoms with Gasteiger partial charge in [0.1, 0.15) is 5.75 Å². The summed E-state index contributed by atoms with van der Waals surface area (Å²) in [4.78, 5) is 0. The van der Waals surface area contributed by atoms with Crippen LogP contribution in [0.1, 0.15) is 32.3 Å². The summed E-state index contributed by atoms with van der Waals surface area (Å²) in [7, 11) is 0. The lowest BCUT2D eigenvalue weighted by Crippen LogP contribution is -2.20. The number of phenols is 1. The van der Waals surface area contributed by atoms with Crippen LogP contribution in [0.2, 0.25) is 0 Å². The van der Waals surface area contributed by atoms with Crippen molar-refractivity contribution in [1.29, 1.82) is 0 Å². The number of aromatic hydroxyl groups is 1. The molecule has 0 spiro atoms.